The first-order valence-electron chi connectivity index (χ1n) is 18.4. The van der Waals surface area contributed by atoms with Gasteiger partial charge < -0.3 is 0 Å². The maximum Gasteiger partial charge on any atom is 0.162 e. The third-order valence-electron chi connectivity index (χ3n) is 10.3. The Morgan fingerprint density at radius 1 is 0.339 bits per heavy atom. The molecule has 0 aliphatic rings. The van der Waals surface area contributed by atoms with Crippen molar-refractivity contribution < 1.29 is 0 Å². The van der Waals surface area contributed by atoms with Gasteiger partial charge in [-0.1, -0.05) is 121 Å². The van der Waals surface area contributed by atoms with Crippen LogP contribution in [0.4, 0.5) is 0 Å². The van der Waals surface area contributed by atoms with Crippen molar-refractivity contribution >= 4 is 63.0 Å². The minimum Gasteiger partial charge on any atom is -0.228 e. The first kappa shape index (κ1) is 32.5. The molecular weight excluding hydrogens is 723 g/mol. The van der Waals surface area contributed by atoms with Crippen LogP contribution in [0.1, 0.15) is 0 Å². The van der Waals surface area contributed by atoms with Crippen molar-refractivity contribution in [2.75, 3.05) is 0 Å². The van der Waals surface area contributed by atoms with Crippen LogP contribution in [0.25, 0.3) is 108 Å². The number of fused-ring (bicyclic) bond motifs is 6. The lowest BCUT2D eigenvalue weighted by Gasteiger charge is -2.14. The Labute approximate surface area is 330 Å². The number of hydrogen-bond donors (Lipinski definition) is 0. The second-order valence-electron chi connectivity index (χ2n) is 13.7. The SMILES string of the molecule is c1ccc(-c2cc(-c3cccc(-c4ncncn4)c3)nc(-c3cc(-c4cccc5c4sc4ccccc45)cc(-c4cccc5c4sc4ccccc45)c3)n2)cc1. The molecule has 11 aromatic rings. The van der Waals surface area contributed by atoms with Crippen LogP contribution in [0.2, 0.25) is 0 Å². The number of aromatic nitrogens is 5. The molecule has 7 aromatic carbocycles. The molecule has 56 heavy (non-hydrogen) atoms. The van der Waals surface area contributed by atoms with Gasteiger partial charge in [-0.05, 0) is 64.7 Å². The number of nitrogens with zero attached hydrogens (tertiary/aromatic N) is 5. The van der Waals surface area contributed by atoms with Crippen LogP contribution >= 0.6 is 22.7 Å². The lowest BCUT2D eigenvalue weighted by Crippen LogP contribution is -1.97. The van der Waals surface area contributed by atoms with E-state index >= 15 is 0 Å². The summed E-state index contributed by atoms with van der Waals surface area (Å²) in [4.78, 5) is 23.5. The van der Waals surface area contributed by atoms with Crippen molar-refractivity contribution in [1.29, 1.82) is 0 Å². The molecule has 11 rings (SSSR count). The van der Waals surface area contributed by atoms with E-state index in [2.05, 4.69) is 148 Å². The Balaban J connectivity index is 1.17. The van der Waals surface area contributed by atoms with Gasteiger partial charge in [-0.15, -0.1) is 22.7 Å². The lowest BCUT2D eigenvalue weighted by molar-refractivity contribution is 1.06. The highest BCUT2D eigenvalue weighted by Gasteiger charge is 2.18. The van der Waals surface area contributed by atoms with Crippen LogP contribution in [0.5, 0.6) is 0 Å². The van der Waals surface area contributed by atoms with E-state index in [0.717, 1.165) is 44.8 Å². The average Bonchev–Trinajstić information content (AvgIpc) is 3.86. The van der Waals surface area contributed by atoms with E-state index in [0.29, 0.717) is 11.6 Å². The van der Waals surface area contributed by atoms with Gasteiger partial charge in [-0.3, -0.25) is 0 Å². The van der Waals surface area contributed by atoms with Crippen LogP contribution in [-0.2, 0) is 0 Å². The van der Waals surface area contributed by atoms with Crippen molar-refractivity contribution in [2.45, 2.75) is 0 Å². The maximum absolute atomic E-state index is 5.34. The molecule has 0 fully saturated rings. The summed E-state index contributed by atoms with van der Waals surface area (Å²) >= 11 is 3.70. The molecule has 0 bridgehead atoms. The summed E-state index contributed by atoms with van der Waals surface area (Å²) in [5, 5.41) is 5.10. The van der Waals surface area contributed by atoms with E-state index in [9.17, 15) is 0 Å². The molecule has 7 heteroatoms. The molecule has 0 saturated carbocycles. The van der Waals surface area contributed by atoms with Gasteiger partial charge in [0.25, 0.3) is 0 Å². The third-order valence-corrected chi connectivity index (χ3v) is 12.8. The van der Waals surface area contributed by atoms with E-state index in [1.165, 1.54) is 64.1 Å². The number of hydrogen-bond acceptors (Lipinski definition) is 7. The molecule has 0 amide bonds. The number of rotatable bonds is 6. The Bertz CT molecular complexity index is 3130. The topological polar surface area (TPSA) is 64.5 Å². The molecule has 0 aliphatic heterocycles. The van der Waals surface area contributed by atoms with Gasteiger partial charge in [0.1, 0.15) is 12.7 Å². The molecular formula is C49H29N5S2. The fourth-order valence-corrected chi connectivity index (χ4v) is 10.2. The van der Waals surface area contributed by atoms with Gasteiger partial charge in [0, 0.05) is 62.6 Å². The van der Waals surface area contributed by atoms with Crippen molar-refractivity contribution in [1.82, 2.24) is 24.9 Å². The summed E-state index contributed by atoms with van der Waals surface area (Å²) in [6.07, 6.45) is 3.04. The second kappa shape index (κ2) is 13.4. The lowest BCUT2D eigenvalue weighted by atomic mass is 9.94. The van der Waals surface area contributed by atoms with Crippen LogP contribution in [0, 0.1) is 0 Å². The highest BCUT2D eigenvalue weighted by Crippen LogP contribution is 2.45. The second-order valence-corrected chi connectivity index (χ2v) is 15.8. The fourth-order valence-electron chi connectivity index (χ4n) is 7.70. The predicted molar refractivity (Wildman–Crippen MR) is 234 cm³/mol. The summed E-state index contributed by atoms with van der Waals surface area (Å²) in [6, 6.07) is 58.2. The van der Waals surface area contributed by atoms with Gasteiger partial charge in [0.05, 0.1) is 11.4 Å². The minimum absolute atomic E-state index is 0.614. The van der Waals surface area contributed by atoms with Crippen molar-refractivity contribution in [3.05, 3.63) is 176 Å². The highest BCUT2D eigenvalue weighted by molar-refractivity contribution is 7.26. The third kappa shape index (κ3) is 5.64. The van der Waals surface area contributed by atoms with Crippen molar-refractivity contribution in [2.24, 2.45) is 0 Å². The first-order chi connectivity index (χ1) is 27.7. The molecule has 4 heterocycles. The molecule has 262 valence electrons. The summed E-state index contributed by atoms with van der Waals surface area (Å²) in [5.41, 5.74) is 10.1. The summed E-state index contributed by atoms with van der Waals surface area (Å²) in [7, 11) is 0. The molecule has 0 aliphatic carbocycles. The van der Waals surface area contributed by atoms with Gasteiger partial charge in [-0.25, -0.2) is 24.9 Å². The Kier molecular flexibility index (Phi) is 7.79. The number of thiophene rings is 2. The molecule has 0 spiro atoms. The van der Waals surface area contributed by atoms with E-state index in [1.54, 1.807) is 0 Å². The zero-order valence-corrected chi connectivity index (χ0v) is 31.4. The molecule has 0 atom stereocenters. The number of benzene rings is 7. The summed E-state index contributed by atoms with van der Waals surface area (Å²) in [5.74, 6) is 1.27. The normalized spacial score (nSPS) is 11.6. The zero-order chi connectivity index (χ0) is 37.0. The Morgan fingerprint density at radius 2 is 0.821 bits per heavy atom. The molecule has 5 nitrogen and oxygen atoms in total. The maximum atomic E-state index is 5.34. The first-order valence-corrected chi connectivity index (χ1v) is 20.0. The van der Waals surface area contributed by atoms with Crippen molar-refractivity contribution in [3.63, 3.8) is 0 Å². The average molecular weight is 752 g/mol. The fraction of sp³-hybridized carbons (Fsp3) is 0. The van der Waals surface area contributed by atoms with E-state index in [-0.39, 0.29) is 0 Å². The van der Waals surface area contributed by atoms with Crippen LogP contribution in [-0.4, -0.2) is 24.9 Å². The van der Waals surface area contributed by atoms with Gasteiger partial charge >= 0.3 is 0 Å². The van der Waals surface area contributed by atoms with Crippen LogP contribution in [0.15, 0.2) is 176 Å². The Hall–Kier alpha value is -6.93. The highest BCUT2D eigenvalue weighted by atomic mass is 32.1. The smallest absolute Gasteiger partial charge is 0.162 e. The molecule has 0 radical (unpaired) electrons. The van der Waals surface area contributed by atoms with Crippen molar-refractivity contribution in [3.8, 4) is 67.5 Å². The molecule has 0 unspecified atom stereocenters. The van der Waals surface area contributed by atoms with Gasteiger partial charge in [0.15, 0.2) is 11.6 Å². The minimum atomic E-state index is 0.614. The predicted octanol–water partition coefficient (Wildman–Crippen LogP) is 13.4. The summed E-state index contributed by atoms with van der Waals surface area (Å²) in [6.45, 7) is 0. The molecule has 0 N–H and O–H groups in total. The van der Waals surface area contributed by atoms with Gasteiger partial charge in [0.2, 0.25) is 0 Å². The monoisotopic (exact) mass is 751 g/mol. The largest absolute Gasteiger partial charge is 0.228 e. The Morgan fingerprint density at radius 3 is 1.46 bits per heavy atom. The standard InChI is InChI=1S/C49H29N5S2/c1-2-11-30(12-3-1)42-27-43(31-13-8-14-32(23-31)48-51-28-50-29-52-48)54-49(53-42)35-25-33(36-17-9-19-40-38-15-4-6-21-44(38)55-46(36)40)24-34(26-35)37-18-10-20-41-39-16-5-7-22-45(39)56-47(37)41/h1-29H. The van der Waals surface area contributed by atoms with E-state index < -0.39 is 0 Å². The van der Waals surface area contributed by atoms with E-state index in [1.807, 2.05) is 53.0 Å². The molecule has 4 aromatic heterocycles. The molecule has 0 saturated heterocycles. The van der Waals surface area contributed by atoms with Gasteiger partial charge in [-0.2, -0.15) is 0 Å². The summed E-state index contributed by atoms with van der Waals surface area (Å²) < 4.78 is 5.10. The van der Waals surface area contributed by atoms with Crippen LogP contribution < -0.4 is 0 Å². The quantitative estimate of drug-likeness (QED) is 0.169. The van der Waals surface area contributed by atoms with E-state index in [4.69, 9.17) is 9.97 Å². The zero-order valence-electron chi connectivity index (χ0n) is 29.8. The van der Waals surface area contributed by atoms with Crippen LogP contribution in [0.3, 0.4) is 0 Å².